The van der Waals surface area contributed by atoms with Crippen molar-refractivity contribution >= 4 is 17.2 Å². The molecule has 0 spiro atoms. The number of piperidine rings is 1. The van der Waals surface area contributed by atoms with Crippen LogP contribution in [0.25, 0.3) is 5.69 Å². The molecule has 1 aliphatic rings. The molecule has 3 aromatic rings. The van der Waals surface area contributed by atoms with Crippen LogP contribution in [0.2, 0.25) is 0 Å². The van der Waals surface area contributed by atoms with E-state index in [0.717, 1.165) is 41.8 Å². The Bertz CT molecular complexity index is 894. The summed E-state index contributed by atoms with van der Waals surface area (Å²) in [4.78, 5) is 3.09. The van der Waals surface area contributed by atoms with Crippen LogP contribution in [0.3, 0.4) is 0 Å². The van der Waals surface area contributed by atoms with E-state index in [-0.39, 0.29) is 0 Å². The van der Waals surface area contributed by atoms with Crippen LogP contribution in [-0.2, 0) is 6.42 Å². The summed E-state index contributed by atoms with van der Waals surface area (Å²) in [6.07, 6.45) is 5.43. The highest BCUT2D eigenvalue weighted by Crippen LogP contribution is 2.23. The lowest BCUT2D eigenvalue weighted by molar-refractivity contribution is 0.268. The standard InChI is InChI=1S/C22H24N4S/c1-17-7-9-20(10-8-17)26-16-21(23-24-26)22(27)25-13-11-19(12-14-25)15-18-5-3-2-4-6-18/h2-10,16,19H,11-15H2,1H3. The third-order valence-corrected chi connectivity index (χ3v) is 5.75. The topological polar surface area (TPSA) is 34.0 Å². The number of nitrogens with zero attached hydrogens (tertiary/aromatic N) is 4. The Morgan fingerprint density at radius 1 is 1.04 bits per heavy atom. The van der Waals surface area contributed by atoms with Crippen molar-refractivity contribution in [1.82, 2.24) is 19.9 Å². The van der Waals surface area contributed by atoms with Crippen molar-refractivity contribution in [2.75, 3.05) is 13.1 Å². The number of hydrogen-bond donors (Lipinski definition) is 0. The first-order valence-electron chi connectivity index (χ1n) is 9.51. The molecule has 4 rings (SSSR count). The molecule has 138 valence electrons. The van der Waals surface area contributed by atoms with Gasteiger partial charge in [0.2, 0.25) is 0 Å². The van der Waals surface area contributed by atoms with Crippen molar-refractivity contribution in [2.24, 2.45) is 5.92 Å². The molecule has 0 bridgehead atoms. The molecule has 0 aliphatic carbocycles. The molecule has 0 amide bonds. The van der Waals surface area contributed by atoms with Crippen LogP contribution in [0.5, 0.6) is 0 Å². The van der Waals surface area contributed by atoms with Gasteiger partial charge in [-0.15, -0.1) is 5.10 Å². The maximum absolute atomic E-state index is 5.70. The summed E-state index contributed by atoms with van der Waals surface area (Å²) in [6, 6.07) is 19.0. The summed E-state index contributed by atoms with van der Waals surface area (Å²) in [6.45, 7) is 4.06. The Labute approximate surface area is 165 Å². The molecule has 2 heterocycles. The second-order valence-electron chi connectivity index (χ2n) is 7.31. The zero-order valence-corrected chi connectivity index (χ0v) is 16.4. The van der Waals surface area contributed by atoms with Crippen LogP contribution in [0.15, 0.2) is 60.8 Å². The van der Waals surface area contributed by atoms with E-state index in [9.17, 15) is 0 Å². The first kappa shape index (κ1) is 17.9. The summed E-state index contributed by atoms with van der Waals surface area (Å²) in [7, 11) is 0. The van der Waals surface area contributed by atoms with Gasteiger partial charge in [0.25, 0.3) is 0 Å². The number of benzene rings is 2. The minimum atomic E-state index is 0.731. The van der Waals surface area contributed by atoms with Crippen molar-refractivity contribution in [3.63, 3.8) is 0 Å². The van der Waals surface area contributed by atoms with Crippen molar-refractivity contribution in [2.45, 2.75) is 26.2 Å². The van der Waals surface area contributed by atoms with E-state index in [0.29, 0.717) is 0 Å². The fraction of sp³-hybridized carbons (Fsp3) is 0.318. The highest BCUT2D eigenvalue weighted by atomic mass is 32.1. The second kappa shape index (κ2) is 8.01. The van der Waals surface area contributed by atoms with Gasteiger partial charge < -0.3 is 4.90 Å². The molecule has 5 heteroatoms. The molecular weight excluding hydrogens is 352 g/mol. The zero-order valence-electron chi connectivity index (χ0n) is 15.6. The van der Waals surface area contributed by atoms with Gasteiger partial charge in [0.15, 0.2) is 0 Å². The maximum atomic E-state index is 5.70. The van der Waals surface area contributed by atoms with Gasteiger partial charge >= 0.3 is 0 Å². The van der Waals surface area contributed by atoms with Gasteiger partial charge in [-0.2, -0.15) is 0 Å². The lowest BCUT2D eigenvalue weighted by Crippen LogP contribution is -2.38. The normalized spacial score (nSPS) is 15.1. The second-order valence-corrected chi connectivity index (χ2v) is 7.70. The van der Waals surface area contributed by atoms with Crippen LogP contribution < -0.4 is 0 Å². The minimum Gasteiger partial charge on any atom is -0.361 e. The zero-order chi connectivity index (χ0) is 18.6. The van der Waals surface area contributed by atoms with Gasteiger partial charge in [-0.25, -0.2) is 4.68 Å². The fourth-order valence-corrected chi connectivity index (χ4v) is 3.91. The van der Waals surface area contributed by atoms with E-state index in [1.54, 1.807) is 4.68 Å². The molecule has 0 unspecified atom stereocenters. The molecule has 0 radical (unpaired) electrons. The smallest absolute Gasteiger partial charge is 0.140 e. The van der Waals surface area contributed by atoms with Crippen molar-refractivity contribution in [3.8, 4) is 5.69 Å². The lowest BCUT2D eigenvalue weighted by Gasteiger charge is -2.33. The molecule has 1 aliphatic heterocycles. The van der Waals surface area contributed by atoms with Crippen LogP contribution in [0.1, 0.15) is 29.7 Å². The third-order valence-electron chi connectivity index (χ3n) is 5.28. The lowest BCUT2D eigenvalue weighted by atomic mass is 9.90. The predicted octanol–water partition coefficient (Wildman–Crippen LogP) is 4.21. The number of aryl methyl sites for hydroxylation is 1. The van der Waals surface area contributed by atoms with Crippen LogP contribution in [-0.4, -0.2) is 38.0 Å². The molecule has 0 atom stereocenters. The average Bonchev–Trinajstić information content (AvgIpc) is 3.20. The van der Waals surface area contributed by atoms with E-state index in [1.165, 1.54) is 24.0 Å². The number of thiocarbonyl (C=S) groups is 1. The minimum absolute atomic E-state index is 0.731. The summed E-state index contributed by atoms with van der Waals surface area (Å²) >= 11 is 5.70. The van der Waals surface area contributed by atoms with Gasteiger partial charge in [0, 0.05) is 13.1 Å². The molecule has 0 saturated carbocycles. The van der Waals surface area contributed by atoms with Gasteiger partial charge in [0.05, 0.1) is 11.9 Å². The quantitative estimate of drug-likeness (QED) is 0.639. The van der Waals surface area contributed by atoms with Crippen molar-refractivity contribution < 1.29 is 0 Å². The Balaban J connectivity index is 1.36. The molecule has 0 N–H and O–H groups in total. The molecule has 1 fully saturated rings. The van der Waals surface area contributed by atoms with E-state index in [4.69, 9.17) is 12.2 Å². The number of likely N-dealkylation sites (tertiary alicyclic amines) is 1. The van der Waals surface area contributed by atoms with Crippen molar-refractivity contribution in [1.29, 1.82) is 0 Å². The molecule has 1 aromatic heterocycles. The maximum Gasteiger partial charge on any atom is 0.140 e. The molecule has 2 aromatic carbocycles. The van der Waals surface area contributed by atoms with Crippen molar-refractivity contribution in [3.05, 3.63) is 77.6 Å². The predicted molar refractivity (Wildman–Crippen MR) is 112 cm³/mol. The fourth-order valence-electron chi connectivity index (χ4n) is 3.64. The molecule has 1 saturated heterocycles. The van der Waals surface area contributed by atoms with E-state index < -0.39 is 0 Å². The SMILES string of the molecule is Cc1ccc(-n2cc(C(=S)N3CCC(Cc4ccccc4)CC3)nn2)cc1. The van der Waals surface area contributed by atoms with E-state index in [2.05, 4.69) is 64.6 Å². The summed E-state index contributed by atoms with van der Waals surface area (Å²) < 4.78 is 1.79. The molecule has 4 nitrogen and oxygen atoms in total. The van der Waals surface area contributed by atoms with Crippen LogP contribution in [0.4, 0.5) is 0 Å². The van der Waals surface area contributed by atoms with Crippen LogP contribution in [0, 0.1) is 12.8 Å². The van der Waals surface area contributed by atoms with Gasteiger partial charge in [-0.05, 0) is 49.8 Å². The Kier molecular flexibility index (Phi) is 5.30. The number of rotatable bonds is 4. The monoisotopic (exact) mass is 376 g/mol. The largest absolute Gasteiger partial charge is 0.361 e. The van der Waals surface area contributed by atoms with Gasteiger partial charge in [0.1, 0.15) is 10.7 Å². The molecular formula is C22H24N4S. The summed E-state index contributed by atoms with van der Waals surface area (Å²) in [5.41, 5.74) is 4.45. The highest BCUT2D eigenvalue weighted by molar-refractivity contribution is 7.80. The first-order valence-corrected chi connectivity index (χ1v) is 9.92. The Morgan fingerprint density at radius 2 is 1.74 bits per heavy atom. The van der Waals surface area contributed by atoms with Gasteiger partial charge in [-0.3, -0.25) is 0 Å². The van der Waals surface area contributed by atoms with Gasteiger partial charge in [-0.1, -0.05) is 65.5 Å². The highest BCUT2D eigenvalue weighted by Gasteiger charge is 2.23. The number of hydrogen-bond acceptors (Lipinski definition) is 3. The molecule has 27 heavy (non-hydrogen) atoms. The number of aromatic nitrogens is 3. The third kappa shape index (κ3) is 4.25. The summed E-state index contributed by atoms with van der Waals surface area (Å²) in [5, 5.41) is 8.56. The Hall–Kier alpha value is -2.53. The first-order chi connectivity index (χ1) is 13.2. The summed E-state index contributed by atoms with van der Waals surface area (Å²) in [5.74, 6) is 0.731. The van der Waals surface area contributed by atoms with Crippen LogP contribution >= 0.6 is 12.2 Å². The average molecular weight is 377 g/mol. The Morgan fingerprint density at radius 3 is 2.44 bits per heavy atom. The van der Waals surface area contributed by atoms with E-state index >= 15 is 0 Å². The van der Waals surface area contributed by atoms with E-state index in [1.807, 2.05) is 18.3 Å².